The van der Waals surface area contributed by atoms with Crippen LogP contribution in [-0.2, 0) is 0 Å². The number of hydrogen-bond acceptors (Lipinski definition) is 2. The Morgan fingerprint density at radius 1 is 1.12 bits per heavy atom. The van der Waals surface area contributed by atoms with Crippen molar-refractivity contribution < 1.29 is 9.13 Å². The van der Waals surface area contributed by atoms with Crippen LogP contribution in [0.3, 0.4) is 0 Å². The Hall–Kier alpha value is -2.59. The van der Waals surface area contributed by atoms with Crippen molar-refractivity contribution in [2.45, 2.75) is 20.8 Å². The third-order valence-corrected chi connectivity index (χ3v) is 4.42. The molecule has 0 amide bonds. The van der Waals surface area contributed by atoms with E-state index in [-0.39, 0.29) is 5.02 Å². The summed E-state index contributed by atoms with van der Waals surface area (Å²) in [6.07, 6.45) is 1.77. The van der Waals surface area contributed by atoms with E-state index in [1.54, 1.807) is 12.3 Å². The molecule has 0 fully saturated rings. The summed E-state index contributed by atoms with van der Waals surface area (Å²) in [4.78, 5) is 4.42. The standard InChI is InChI=1S/C21H20ClFN2O/c1-4-26-19-8-6-18(7-9-19)25-14(2)11-16(15(25)3)13-24-17-5-10-21(23)20(22)12-17/h5-13H,4H2,1-3H3. The van der Waals surface area contributed by atoms with E-state index >= 15 is 0 Å². The van der Waals surface area contributed by atoms with Crippen molar-refractivity contribution in [2.75, 3.05) is 6.61 Å². The Balaban J connectivity index is 1.90. The van der Waals surface area contributed by atoms with E-state index in [0.717, 1.165) is 28.4 Å². The van der Waals surface area contributed by atoms with Gasteiger partial charge in [0, 0.05) is 28.9 Å². The van der Waals surface area contributed by atoms with E-state index in [1.165, 1.54) is 12.1 Å². The minimum atomic E-state index is -0.445. The van der Waals surface area contributed by atoms with Crippen LogP contribution in [-0.4, -0.2) is 17.4 Å². The van der Waals surface area contributed by atoms with Gasteiger partial charge >= 0.3 is 0 Å². The highest BCUT2D eigenvalue weighted by Gasteiger charge is 2.10. The summed E-state index contributed by atoms with van der Waals surface area (Å²) in [6, 6.07) is 14.5. The average Bonchev–Trinajstić information content (AvgIpc) is 2.91. The lowest BCUT2D eigenvalue weighted by Gasteiger charge is -2.10. The highest BCUT2D eigenvalue weighted by atomic mass is 35.5. The average molecular weight is 371 g/mol. The number of hydrogen-bond donors (Lipinski definition) is 0. The zero-order valence-corrected chi connectivity index (χ0v) is 15.7. The topological polar surface area (TPSA) is 26.5 Å². The van der Waals surface area contributed by atoms with Gasteiger partial charge in [-0.1, -0.05) is 11.6 Å². The number of ether oxygens (including phenoxy) is 1. The molecule has 3 aromatic rings. The predicted molar refractivity (Wildman–Crippen MR) is 105 cm³/mol. The molecule has 1 aromatic heterocycles. The summed E-state index contributed by atoms with van der Waals surface area (Å²) in [7, 11) is 0. The summed E-state index contributed by atoms with van der Waals surface area (Å²) >= 11 is 5.81. The quantitative estimate of drug-likeness (QED) is 0.503. The molecule has 0 aliphatic heterocycles. The Kier molecular flexibility index (Phi) is 5.43. The highest BCUT2D eigenvalue weighted by Crippen LogP contribution is 2.24. The second-order valence-corrected chi connectivity index (χ2v) is 6.35. The maximum atomic E-state index is 13.3. The van der Waals surface area contributed by atoms with Gasteiger partial charge in [-0.2, -0.15) is 0 Å². The van der Waals surface area contributed by atoms with Crippen LogP contribution in [0.15, 0.2) is 53.5 Å². The number of halogens is 2. The summed E-state index contributed by atoms with van der Waals surface area (Å²) in [6.45, 7) is 6.71. The Bertz CT molecular complexity index is 945. The summed E-state index contributed by atoms with van der Waals surface area (Å²) < 4.78 is 20.9. The van der Waals surface area contributed by atoms with Crippen molar-refractivity contribution in [3.8, 4) is 11.4 Å². The molecule has 0 radical (unpaired) electrons. The molecule has 0 N–H and O–H groups in total. The van der Waals surface area contributed by atoms with Gasteiger partial charge in [-0.3, -0.25) is 4.99 Å². The number of aromatic nitrogens is 1. The molecule has 0 aliphatic rings. The second-order valence-electron chi connectivity index (χ2n) is 5.95. The van der Waals surface area contributed by atoms with Gasteiger partial charge in [0.1, 0.15) is 11.6 Å². The van der Waals surface area contributed by atoms with E-state index in [4.69, 9.17) is 16.3 Å². The van der Waals surface area contributed by atoms with Gasteiger partial charge in [0.05, 0.1) is 17.3 Å². The number of nitrogens with zero attached hydrogens (tertiary/aromatic N) is 2. The Morgan fingerprint density at radius 2 is 1.85 bits per heavy atom. The van der Waals surface area contributed by atoms with Crippen molar-refractivity contribution in [1.82, 2.24) is 4.57 Å². The van der Waals surface area contributed by atoms with E-state index in [2.05, 4.69) is 22.5 Å². The first-order chi connectivity index (χ1) is 12.5. The molecule has 1 heterocycles. The lowest BCUT2D eigenvalue weighted by Crippen LogP contribution is -2.00. The summed E-state index contributed by atoms with van der Waals surface area (Å²) in [5, 5.41) is 0.0690. The maximum absolute atomic E-state index is 13.3. The number of aryl methyl sites for hydroxylation is 1. The van der Waals surface area contributed by atoms with E-state index < -0.39 is 5.82 Å². The SMILES string of the molecule is CCOc1ccc(-n2c(C)cc(C=Nc3ccc(F)c(Cl)c3)c2C)cc1. The molecule has 26 heavy (non-hydrogen) atoms. The molecule has 3 nitrogen and oxygen atoms in total. The van der Waals surface area contributed by atoms with Gasteiger partial charge in [0.15, 0.2) is 0 Å². The number of aliphatic imine (C=N–C) groups is 1. The van der Waals surface area contributed by atoms with Gasteiger partial charge in [-0.05, 0) is 69.3 Å². The summed E-state index contributed by atoms with van der Waals surface area (Å²) in [5.41, 5.74) is 4.85. The van der Waals surface area contributed by atoms with Crippen molar-refractivity contribution in [3.63, 3.8) is 0 Å². The van der Waals surface area contributed by atoms with Gasteiger partial charge in [-0.25, -0.2) is 4.39 Å². The molecule has 0 saturated heterocycles. The minimum absolute atomic E-state index is 0.0690. The first kappa shape index (κ1) is 18.2. The molecule has 0 atom stereocenters. The van der Waals surface area contributed by atoms with E-state index in [9.17, 15) is 4.39 Å². The fraction of sp³-hybridized carbons (Fsp3) is 0.190. The van der Waals surface area contributed by atoms with Gasteiger partial charge in [0.2, 0.25) is 0 Å². The molecule has 0 saturated carbocycles. The van der Waals surface area contributed by atoms with Crippen molar-refractivity contribution >= 4 is 23.5 Å². The smallest absolute Gasteiger partial charge is 0.141 e. The fourth-order valence-corrected chi connectivity index (χ4v) is 3.06. The van der Waals surface area contributed by atoms with E-state index in [0.29, 0.717) is 12.3 Å². The Labute approximate surface area is 157 Å². The molecule has 5 heteroatoms. The molecular weight excluding hydrogens is 351 g/mol. The molecule has 0 spiro atoms. The zero-order valence-electron chi connectivity index (χ0n) is 15.0. The molecule has 134 valence electrons. The van der Waals surface area contributed by atoms with Crippen LogP contribution in [0.2, 0.25) is 5.02 Å². The van der Waals surface area contributed by atoms with Gasteiger partial charge in [-0.15, -0.1) is 0 Å². The second kappa shape index (κ2) is 7.75. The first-order valence-electron chi connectivity index (χ1n) is 8.41. The van der Waals surface area contributed by atoms with Crippen LogP contribution in [0.5, 0.6) is 5.75 Å². The monoisotopic (exact) mass is 370 g/mol. The molecule has 3 rings (SSSR count). The van der Waals surface area contributed by atoms with Gasteiger partial charge in [0.25, 0.3) is 0 Å². The number of rotatable bonds is 5. The highest BCUT2D eigenvalue weighted by molar-refractivity contribution is 6.31. The normalized spacial score (nSPS) is 11.3. The van der Waals surface area contributed by atoms with Crippen molar-refractivity contribution in [2.24, 2.45) is 4.99 Å². The maximum Gasteiger partial charge on any atom is 0.141 e. The van der Waals surface area contributed by atoms with Crippen LogP contribution >= 0.6 is 11.6 Å². The lowest BCUT2D eigenvalue weighted by molar-refractivity contribution is 0.340. The Morgan fingerprint density at radius 3 is 2.50 bits per heavy atom. The molecule has 0 aliphatic carbocycles. The van der Waals surface area contributed by atoms with Crippen LogP contribution in [0, 0.1) is 19.7 Å². The van der Waals surface area contributed by atoms with E-state index in [1.807, 2.05) is 38.1 Å². The molecular formula is C21H20ClFN2O. The van der Waals surface area contributed by atoms with Crippen molar-refractivity contribution in [3.05, 3.63) is 76.3 Å². The third-order valence-electron chi connectivity index (χ3n) is 4.13. The van der Waals surface area contributed by atoms with Crippen LogP contribution in [0.1, 0.15) is 23.9 Å². The van der Waals surface area contributed by atoms with Crippen LogP contribution in [0.25, 0.3) is 5.69 Å². The minimum Gasteiger partial charge on any atom is -0.494 e. The molecule has 0 bridgehead atoms. The van der Waals surface area contributed by atoms with Crippen molar-refractivity contribution in [1.29, 1.82) is 0 Å². The van der Waals surface area contributed by atoms with Crippen LogP contribution < -0.4 is 4.74 Å². The largest absolute Gasteiger partial charge is 0.494 e. The summed E-state index contributed by atoms with van der Waals surface area (Å²) in [5.74, 6) is 0.410. The molecule has 2 aromatic carbocycles. The third kappa shape index (κ3) is 3.81. The zero-order chi connectivity index (χ0) is 18.7. The first-order valence-corrected chi connectivity index (χ1v) is 8.78. The van der Waals surface area contributed by atoms with Gasteiger partial charge < -0.3 is 9.30 Å². The number of benzene rings is 2. The molecule has 0 unspecified atom stereocenters. The predicted octanol–water partition coefficient (Wildman–Crippen LogP) is 6.04. The van der Waals surface area contributed by atoms with Crippen LogP contribution in [0.4, 0.5) is 10.1 Å². The fourth-order valence-electron chi connectivity index (χ4n) is 2.88. The lowest BCUT2D eigenvalue weighted by atomic mass is 10.2.